The first-order chi connectivity index (χ1) is 26.7. The van der Waals surface area contributed by atoms with Crippen molar-refractivity contribution >= 4 is 52.4 Å². The van der Waals surface area contributed by atoms with Crippen LogP contribution in [0.15, 0.2) is 133 Å². The molecule has 0 aliphatic rings. The summed E-state index contributed by atoms with van der Waals surface area (Å²) < 4.78 is 3.86. The molecule has 20 nitrogen and oxygen atoms in total. The van der Waals surface area contributed by atoms with Gasteiger partial charge in [-0.3, -0.25) is 5.41 Å². The minimum atomic E-state index is -0.994. The highest BCUT2D eigenvalue weighted by molar-refractivity contribution is 6.63. The zero-order valence-corrected chi connectivity index (χ0v) is 31.6. The molecule has 0 saturated carbocycles. The van der Waals surface area contributed by atoms with Gasteiger partial charge < -0.3 is 36.1 Å². The number of aromatic nitrogens is 6. The van der Waals surface area contributed by atoms with Crippen molar-refractivity contribution in [3.8, 4) is 12.1 Å². The maximum Gasteiger partial charge on any atom is 0.419 e. The van der Waals surface area contributed by atoms with Crippen molar-refractivity contribution in [2.45, 2.75) is 4.30 Å². The van der Waals surface area contributed by atoms with Crippen LogP contribution in [0.3, 0.4) is 0 Å². The summed E-state index contributed by atoms with van der Waals surface area (Å²) >= 11 is 14.4. The Kier molecular flexibility index (Phi) is 25.2. The highest BCUT2D eigenvalue weighted by Crippen LogP contribution is 2.04. The molecular formula is C33H34Cl3N13O7. The number of pyridine rings is 3. The minimum absolute atomic E-state index is 0.0602. The lowest BCUT2D eigenvalue weighted by Crippen LogP contribution is -2.24. The smallest absolute Gasteiger partial charge is 0.419 e. The van der Waals surface area contributed by atoms with E-state index >= 15 is 0 Å². The van der Waals surface area contributed by atoms with Crippen molar-refractivity contribution in [2.75, 3.05) is 20.0 Å². The summed E-state index contributed by atoms with van der Waals surface area (Å²) in [5.74, 6) is -0.362. The van der Waals surface area contributed by atoms with Crippen LogP contribution >= 0.6 is 34.8 Å². The quantitative estimate of drug-likeness (QED) is 0.0286. The molecule has 6 aromatic rings. The maximum absolute atomic E-state index is 10.7. The summed E-state index contributed by atoms with van der Waals surface area (Å²) in [6.45, 7) is 0. The number of halogens is 3. The Morgan fingerprint density at radius 2 is 1.45 bits per heavy atom. The number of carboxylic acid groups (broad SMARTS) is 1. The van der Waals surface area contributed by atoms with E-state index in [0.29, 0.717) is 16.2 Å². The lowest BCUT2D eigenvalue weighted by molar-refractivity contribution is -0.591. The number of hydrogen-bond donors (Lipinski definition) is 5. The number of aromatic carboxylic acids is 1. The number of anilines is 1. The van der Waals surface area contributed by atoms with Gasteiger partial charge in [-0.05, 0) is 66.7 Å². The van der Waals surface area contributed by atoms with E-state index in [9.17, 15) is 10.0 Å². The Morgan fingerprint density at radius 1 is 0.893 bits per heavy atom. The van der Waals surface area contributed by atoms with E-state index in [4.69, 9.17) is 82.4 Å². The molecule has 0 fully saturated rings. The van der Waals surface area contributed by atoms with Crippen LogP contribution in [-0.2, 0) is 0 Å². The number of alkyl halides is 3. The van der Waals surface area contributed by atoms with Crippen molar-refractivity contribution < 1.29 is 34.7 Å². The normalized spacial score (nSPS) is 8.71. The lowest BCUT2D eigenvalue weighted by atomic mass is 10.4. The molecule has 56 heavy (non-hydrogen) atoms. The Hall–Kier alpha value is -7.48. The van der Waals surface area contributed by atoms with Gasteiger partial charge in [-0.1, -0.05) is 53.0 Å². The topological polar surface area (TPSA) is 302 Å². The van der Waals surface area contributed by atoms with E-state index in [1.54, 1.807) is 73.1 Å². The fourth-order valence-electron chi connectivity index (χ4n) is 3.12. The number of hydrogen-bond acceptors (Lipinski definition) is 12. The molecule has 23 heteroatoms. The number of nitrogens with two attached hydrogens (primary N) is 1. The van der Waals surface area contributed by atoms with Crippen LogP contribution in [0.1, 0.15) is 21.9 Å². The number of carbonyl (C=O) groups is 1. The fraction of sp³-hybridized carbons (Fsp3) is 0.0909. The fourth-order valence-corrected chi connectivity index (χ4v) is 3.12. The van der Waals surface area contributed by atoms with Crippen LogP contribution in [0.4, 0.5) is 11.6 Å². The number of nitriles is 2. The van der Waals surface area contributed by atoms with Crippen molar-refractivity contribution in [1.29, 1.82) is 15.9 Å². The van der Waals surface area contributed by atoms with Crippen LogP contribution in [0.25, 0.3) is 10.4 Å². The molecule has 6 N–H and O–H groups in total. The molecule has 0 atom stereocenters. The number of nitrogens with one attached hydrogen (secondary N) is 1. The molecule has 294 valence electrons. The van der Waals surface area contributed by atoms with Crippen LogP contribution in [0.2, 0.25) is 0 Å². The van der Waals surface area contributed by atoms with Crippen LogP contribution < -0.4 is 25.6 Å². The zero-order valence-electron chi connectivity index (χ0n) is 29.3. The Bertz CT molecular complexity index is 2190. The number of rotatable bonds is 4. The lowest BCUT2D eigenvalue weighted by Gasteiger charge is -2.00. The van der Waals surface area contributed by atoms with Crippen molar-refractivity contribution in [3.05, 3.63) is 166 Å². The van der Waals surface area contributed by atoms with Gasteiger partial charge in [0.2, 0.25) is 4.91 Å². The molecule has 6 heterocycles. The average molecular weight is 831 g/mol. The van der Waals surface area contributed by atoms with Gasteiger partial charge in [0.1, 0.15) is 32.2 Å². The number of carboxylic acids is 1. The molecular weight excluding hydrogens is 797 g/mol. The number of azide groups is 1. The first-order valence-corrected chi connectivity index (χ1v) is 16.1. The van der Waals surface area contributed by atoms with Gasteiger partial charge in [-0.2, -0.15) is 29.4 Å². The molecule has 0 saturated heterocycles. The van der Waals surface area contributed by atoms with E-state index in [2.05, 4.69) is 19.8 Å². The maximum atomic E-state index is 10.7. The molecule has 6 aromatic heterocycles. The second-order valence-electron chi connectivity index (χ2n) is 9.08. The summed E-state index contributed by atoms with van der Waals surface area (Å²) in [7, 11) is 2.92. The van der Waals surface area contributed by atoms with Crippen LogP contribution in [0, 0.1) is 33.3 Å². The summed E-state index contributed by atoms with van der Waals surface area (Å²) in [5, 5.41) is 63.1. The van der Waals surface area contributed by atoms with Gasteiger partial charge >= 0.3 is 16.9 Å². The van der Waals surface area contributed by atoms with E-state index in [0.717, 1.165) is 9.46 Å². The summed E-state index contributed by atoms with van der Waals surface area (Å²) in [6.07, 6.45) is 8.95. The summed E-state index contributed by atoms with van der Waals surface area (Å²) in [6, 6.07) is 28.3. The second kappa shape index (κ2) is 29.0. The molecule has 0 aliphatic carbocycles. The Labute approximate surface area is 333 Å². The molecule has 0 spiro atoms. The Morgan fingerprint density at radius 3 is 1.82 bits per heavy atom. The predicted octanol–water partition coefficient (Wildman–Crippen LogP) is 5.38. The molecule has 0 bridgehead atoms. The van der Waals surface area contributed by atoms with Gasteiger partial charge in [0, 0.05) is 42.6 Å². The van der Waals surface area contributed by atoms with E-state index < -0.39 is 10.3 Å². The van der Waals surface area contributed by atoms with Crippen molar-refractivity contribution in [2.24, 2.45) is 5.11 Å². The van der Waals surface area contributed by atoms with Crippen molar-refractivity contribution in [3.63, 3.8) is 0 Å². The standard InChI is InChI=1S/C6H6N2O.C6H7NO3.C5H4N4O.C5H4N2O.C5H6N2O.C5H6N2.CHCl3/c1-9-8-4-2-3-6(8)5-7;1-10-7-4-2-3-5(7)6(8)9;6-8-7-5-3-1-2-4-9(5)10;6-4-5-2-1-3-7(5)8;6-5-3-1-2-4-7(5)8;6-5-3-1-2-4-7-5;2-1(3)4/h2-4H,1H3;2-4H,1H3,(H,8,9);1-4H;1-3,8H;1-4,6,8H;1-4H,(H2,6,7);1H. The zero-order chi connectivity index (χ0) is 42.3. The highest BCUT2D eigenvalue weighted by atomic mass is 35.6. The number of nitrogens with zero attached hydrogens (tertiary/aromatic N) is 11. The molecule has 0 aromatic carbocycles. The van der Waals surface area contributed by atoms with Gasteiger partial charge in [-0.15, -0.1) is 0 Å². The minimum Gasteiger partial charge on any atom is -0.710 e. The monoisotopic (exact) mass is 829 g/mol. The first kappa shape index (κ1) is 48.5. The third-order valence-corrected chi connectivity index (χ3v) is 5.47. The van der Waals surface area contributed by atoms with Crippen LogP contribution in [0.5, 0.6) is 0 Å². The number of nitrogen functional groups attached to an aromatic ring is 1. The van der Waals surface area contributed by atoms with Gasteiger partial charge in [0.15, 0.2) is 26.9 Å². The summed E-state index contributed by atoms with van der Waals surface area (Å²) in [5.41, 5.74) is 14.2. The predicted molar refractivity (Wildman–Crippen MR) is 204 cm³/mol. The van der Waals surface area contributed by atoms with Gasteiger partial charge in [-0.25, -0.2) is 14.5 Å². The second-order valence-corrected chi connectivity index (χ2v) is 11.1. The highest BCUT2D eigenvalue weighted by Gasteiger charge is 2.07. The van der Waals surface area contributed by atoms with E-state index in [1.807, 2.05) is 18.2 Å². The largest absolute Gasteiger partial charge is 0.710 e. The van der Waals surface area contributed by atoms with Crippen LogP contribution in [-0.4, -0.2) is 63.9 Å². The van der Waals surface area contributed by atoms with Gasteiger partial charge in [0.25, 0.3) is 0 Å². The average Bonchev–Trinajstić information content (AvgIpc) is 3.96. The third-order valence-electron chi connectivity index (χ3n) is 5.47. The third kappa shape index (κ3) is 21.1. The SMILES string of the molecule is COn1cccc1C#N.COn1cccc1C(=O)O.ClC(Cl)Cl.N#Cc1cccn1O.N=c1ccccn1O.Nc1ccccn1.[N-]=[N+]=Nc1cccc[n+]1[O-]. The Balaban J connectivity index is 0.000000638. The first-order valence-electron chi connectivity index (χ1n) is 14.8. The van der Waals surface area contributed by atoms with E-state index in [-0.39, 0.29) is 22.7 Å². The molecule has 0 amide bonds. The van der Waals surface area contributed by atoms with Crippen molar-refractivity contribution in [1.82, 2.24) is 23.9 Å². The molecule has 0 aliphatic heterocycles. The molecule has 0 radical (unpaired) electrons. The van der Waals surface area contributed by atoms with Gasteiger partial charge in [0.05, 0.1) is 6.20 Å². The van der Waals surface area contributed by atoms with E-state index in [1.165, 1.54) is 72.7 Å². The molecule has 0 unspecified atom stereocenters. The summed E-state index contributed by atoms with van der Waals surface area (Å²) in [4.78, 5) is 26.0. The molecule has 6 rings (SSSR count).